The average Bonchev–Trinajstić information content (AvgIpc) is 3.63. The molecule has 44 heavy (non-hydrogen) atoms. The fourth-order valence-electron chi connectivity index (χ4n) is 4.75. The van der Waals surface area contributed by atoms with E-state index in [4.69, 9.17) is 30.5 Å². The van der Waals surface area contributed by atoms with E-state index < -0.39 is 58.3 Å². The number of hydrogen-bond donors (Lipinski definition) is 1. The average molecular weight is 667 g/mol. The van der Waals surface area contributed by atoms with Gasteiger partial charge in [0.2, 0.25) is 19.5 Å². The molecule has 0 radical (unpaired) electrons. The van der Waals surface area contributed by atoms with Crippen LogP contribution in [0.3, 0.4) is 0 Å². The molecule has 1 aliphatic heterocycles. The van der Waals surface area contributed by atoms with Crippen LogP contribution in [0, 0.1) is 0 Å². The van der Waals surface area contributed by atoms with Crippen molar-refractivity contribution in [2.45, 2.75) is 62.6 Å². The largest absolute Gasteiger partial charge is 0.463 e. The fraction of sp³-hybridized carbons (Fsp3) is 0.423. The van der Waals surface area contributed by atoms with Gasteiger partial charge in [-0.1, -0.05) is 12.1 Å². The first-order valence-electron chi connectivity index (χ1n) is 13.2. The quantitative estimate of drug-likeness (QED) is 0.148. The number of para-hydroxylation sites is 1. The zero-order chi connectivity index (χ0) is 31.8. The van der Waals surface area contributed by atoms with Crippen LogP contribution in [0.5, 0.6) is 0 Å². The number of halogens is 1. The zero-order valence-electron chi connectivity index (χ0n) is 23.8. The smallest absolute Gasteiger partial charge is 0.303 e. The summed E-state index contributed by atoms with van der Waals surface area (Å²) in [6.45, 7) is 4.93. The van der Waals surface area contributed by atoms with Crippen molar-refractivity contribution < 1.29 is 41.7 Å². The molecule has 5 rings (SSSR count). The number of sulfone groups is 1. The number of aromatic nitrogens is 5. The number of hydrogen-bond acceptors (Lipinski definition) is 15. The van der Waals surface area contributed by atoms with Crippen LogP contribution >= 0.6 is 22.9 Å². The standard InChI is InChI=1S/C26H27ClN6O9S2/c1-12(10-44(37,38)26-30-16-7-5-6-8-18(16)43-26)29-22-19-23(32-25(27)31-22)33(11-28-19)24-21(41-15(4)36)20(40-14(3)35)17(42-24)9-39-13(2)34/h5-8,11-12,17,20-21,24H,9-10H2,1-4H3,(H,29,31,32)/t12-,17-,20-,21-,24-/m1/s1. The molecule has 0 unspecified atom stereocenters. The number of rotatable bonds is 10. The van der Waals surface area contributed by atoms with E-state index in [-0.39, 0.29) is 39.0 Å². The van der Waals surface area contributed by atoms with Crippen LogP contribution < -0.4 is 5.32 Å². The van der Waals surface area contributed by atoms with Crippen LogP contribution in [-0.4, -0.2) is 87.5 Å². The van der Waals surface area contributed by atoms with Gasteiger partial charge in [0.15, 0.2) is 35.4 Å². The van der Waals surface area contributed by atoms with E-state index in [1.54, 1.807) is 25.1 Å². The summed E-state index contributed by atoms with van der Waals surface area (Å²) in [7, 11) is -3.77. The van der Waals surface area contributed by atoms with Gasteiger partial charge < -0.3 is 24.3 Å². The normalized spacial score (nSPS) is 20.8. The molecule has 1 aliphatic rings. The molecule has 4 heterocycles. The number of imidazole rings is 1. The molecule has 1 saturated heterocycles. The van der Waals surface area contributed by atoms with Crippen molar-refractivity contribution in [1.82, 2.24) is 24.5 Å². The molecule has 0 amide bonds. The molecule has 5 atom stereocenters. The molecule has 3 aromatic heterocycles. The minimum Gasteiger partial charge on any atom is -0.463 e. The molecular formula is C26H27ClN6O9S2. The van der Waals surface area contributed by atoms with Gasteiger partial charge in [0.25, 0.3) is 0 Å². The lowest BCUT2D eigenvalue weighted by Crippen LogP contribution is -2.40. The van der Waals surface area contributed by atoms with Gasteiger partial charge in [-0.3, -0.25) is 19.0 Å². The molecule has 1 N–H and O–H groups in total. The van der Waals surface area contributed by atoms with Crippen LogP contribution in [0.25, 0.3) is 21.4 Å². The number of fused-ring (bicyclic) bond motifs is 2. The van der Waals surface area contributed by atoms with Crippen LogP contribution in [0.15, 0.2) is 34.9 Å². The van der Waals surface area contributed by atoms with Gasteiger partial charge in [0.05, 0.1) is 22.3 Å². The summed E-state index contributed by atoms with van der Waals surface area (Å²) in [5.74, 6) is -2.12. The van der Waals surface area contributed by atoms with Crippen molar-refractivity contribution >= 4 is 77.9 Å². The number of ether oxygens (including phenoxy) is 4. The number of nitrogens with one attached hydrogen (secondary N) is 1. The number of carbonyl (C=O) groups is 3. The first kappa shape index (κ1) is 31.5. The topological polar surface area (TPSA) is 191 Å². The van der Waals surface area contributed by atoms with Gasteiger partial charge in [-0.05, 0) is 30.7 Å². The fourth-order valence-corrected chi connectivity index (χ4v) is 7.72. The lowest BCUT2D eigenvalue weighted by atomic mass is 10.1. The van der Waals surface area contributed by atoms with E-state index in [9.17, 15) is 22.8 Å². The van der Waals surface area contributed by atoms with E-state index >= 15 is 0 Å². The maximum atomic E-state index is 13.2. The second kappa shape index (κ2) is 12.6. The van der Waals surface area contributed by atoms with Crippen molar-refractivity contribution in [3.63, 3.8) is 0 Å². The number of thiazole rings is 1. The van der Waals surface area contributed by atoms with E-state index in [0.29, 0.717) is 5.52 Å². The molecule has 15 nitrogen and oxygen atoms in total. The molecule has 0 bridgehead atoms. The number of benzene rings is 1. The van der Waals surface area contributed by atoms with Crippen molar-refractivity contribution in [3.05, 3.63) is 35.9 Å². The maximum absolute atomic E-state index is 13.2. The summed E-state index contributed by atoms with van der Waals surface area (Å²) >= 11 is 7.36. The predicted molar refractivity (Wildman–Crippen MR) is 157 cm³/mol. The molecule has 0 spiro atoms. The van der Waals surface area contributed by atoms with Crippen LogP contribution in [0.1, 0.15) is 33.9 Å². The highest BCUT2D eigenvalue weighted by Crippen LogP contribution is 2.37. The highest BCUT2D eigenvalue weighted by Gasteiger charge is 2.51. The summed E-state index contributed by atoms with van der Waals surface area (Å²) in [5, 5.41) is 2.85. The minimum absolute atomic E-state index is 0.00281. The highest BCUT2D eigenvalue weighted by atomic mass is 35.5. The van der Waals surface area contributed by atoms with Crippen molar-refractivity contribution in [2.24, 2.45) is 0 Å². The second-order valence-corrected chi connectivity index (χ2v) is 13.5. The van der Waals surface area contributed by atoms with E-state index in [2.05, 4.69) is 25.3 Å². The lowest BCUT2D eigenvalue weighted by Gasteiger charge is -2.23. The first-order valence-corrected chi connectivity index (χ1v) is 16.0. The lowest BCUT2D eigenvalue weighted by molar-refractivity contribution is -0.166. The third-order valence-electron chi connectivity index (χ3n) is 6.40. The second-order valence-electron chi connectivity index (χ2n) is 9.96. The molecular weight excluding hydrogens is 640 g/mol. The van der Waals surface area contributed by atoms with E-state index in [1.807, 2.05) is 6.07 Å². The monoisotopic (exact) mass is 666 g/mol. The molecule has 0 aliphatic carbocycles. The number of anilines is 1. The van der Waals surface area contributed by atoms with Crippen LogP contribution in [0.2, 0.25) is 5.28 Å². The summed E-state index contributed by atoms with van der Waals surface area (Å²) in [4.78, 5) is 52.6. The van der Waals surface area contributed by atoms with Crippen LogP contribution in [0.4, 0.5) is 5.82 Å². The third-order valence-corrected chi connectivity index (χ3v) is 9.98. The Morgan fingerprint density at radius 1 is 1.07 bits per heavy atom. The summed E-state index contributed by atoms with van der Waals surface area (Å²) in [6.07, 6.45) is -3.12. The Kier molecular flexibility index (Phi) is 9.01. The number of carbonyl (C=O) groups excluding carboxylic acids is 3. The number of nitrogens with zero attached hydrogens (tertiary/aromatic N) is 5. The van der Waals surface area contributed by atoms with Gasteiger partial charge in [-0.2, -0.15) is 9.97 Å². The van der Waals surface area contributed by atoms with E-state index in [0.717, 1.165) is 16.0 Å². The summed E-state index contributed by atoms with van der Waals surface area (Å²) in [5.41, 5.74) is 0.945. The van der Waals surface area contributed by atoms with Gasteiger partial charge in [0.1, 0.15) is 12.7 Å². The van der Waals surface area contributed by atoms with Crippen LogP contribution in [-0.2, 0) is 43.2 Å². The van der Waals surface area contributed by atoms with Crippen molar-refractivity contribution in [3.8, 4) is 0 Å². The SMILES string of the molecule is CC(=O)OC[C@H]1O[C@@H](n2cnc3c(N[C@H](C)CS(=O)(=O)c4nc5ccccc5s4)nc(Cl)nc32)[C@H](OC(C)=O)[C@@H]1OC(C)=O. The molecule has 1 aromatic carbocycles. The third kappa shape index (κ3) is 6.74. The Morgan fingerprint density at radius 2 is 1.77 bits per heavy atom. The minimum atomic E-state index is -3.77. The predicted octanol–water partition coefficient (Wildman–Crippen LogP) is 2.69. The Bertz CT molecular complexity index is 1810. The molecule has 1 fully saturated rings. The van der Waals surface area contributed by atoms with Crippen molar-refractivity contribution in [2.75, 3.05) is 17.7 Å². The molecule has 18 heteroatoms. The van der Waals surface area contributed by atoms with Gasteiger partial charge in [-0.15, -0.1) is 11.3 Å². The molecule has 0 saturated carbocycles. The van der Waals surface area contributed by atoms with Crippen molar-refractivity contribution in [1.29, 1.82) is 0 Å². The Labute approximate surface area is 259 Å². The van der Waals surface area contributed by atoms with Gasteiger partial charge >= 0.3 is 17.9 Å². The molecule has 4 aromatic rings. The summed E-state index contributed by atoms with van der Waals surface area (Å²) in [6, 6.07) is 6.48. The summed E-state index contributed by atoms with van der Waals surface area (Å²) < 4.78 is 50.6. The molecule has 234 valence electrons. The number of esters is 3. The van der Waals surface area contributed by atoms with Gasteiger partial charge in [0, 0.05) is 26.8 Å². The van der Waals surface area contributed by atoms with Gasteiger partial charge in [-0.25, -0.2) is 18.4 Å². The Morgan fingerprint density at radius 3 is 2.45 bits per heavy atom. The Hall–Kier alpha value is -3.93. The highest BCUT2D eigenvalue weighted by molar-refractivity contribution is 7.93. The first-order chi connectivity index (χ1) is 20.8. The Balaban J connectivity index is 1.44. The maximum Gasteiger partial charge on any atom is 0.303 e. The van der Waals surface area contributed by atoms with E-state index in [1.165, 1.54) is 31.7 Å². The zero-order valence-corrected chi connectivity index (χ0v) is 26.2.